The maximum atomic E-state index is 12.8. The summed E-state index contributed by atoms with van der Waals surface area (Å²) >= 11 is 0. The van der Waals surface area contributed by atoms with Crippen molar-refractivity contribution in [3.63, 3.8) is 0 Å². The van der Waals surface area contributed by atoms with Gasteiger partial charge in [0.1, 0.15) is 0 Å². The van der Waals surface area contributed by atoms with E-state index in [1.165, 1.54) is 32.1 Å². The van der Waals surface area contributed by atoms with Gasteiger partial charge in [-0.25, -0.2) is 9.50 Å². The highest BCUT2D eigenvalue weighted by Gasteiger charge is 2.37. The van der Waals surface area contributed by atoms with Crippen molar-refractivity contribution in [2.24, 2.45) is 5.92 Å². The molecule has 0 unspecified atom stereocenters. The lowest BCUT2D eigenvalue weighted by Crippen LogP contribution is -2.26. The number of halogens is 3. The Hall–Kier alpha value is -2.19. The van der Waals surface area contributed by atoms with Crippen LogP contribution in [-0.2, 0) is 17.4 Å². The lowest BCUT2D eigenvalue weighted by atomic mass is 9.87. The van der Waals surface area contributed by atoms with Crippen molar-refractivity contribution in [2.45, 2.75) is 71.4 Å². The summed E-state index contributed by atoms with van der Waals surface area (Å²) in [5, 5.41) is 6.49. The molecule has 1 N–H and O–H groups in total. The van der Waals surface area contributed by atoms with Gasteiger partial charge < -0.3 is 5.32 Å². The van der Waals surface area contributed by atoms with Crippen LogP contribution in [0.1, 0.15) is 67.7 Å². The second-order valence-electron chi connectivity index (χ2n) is 7.55. The molecule has 0 radical (unpaired) electrons. The summed E-state index contributed by atoms with van der Waals surface area (Å²) in [6.07, 6.45) is 3.43. The quantitative estimate of drug-likeness (QED) is 0.805. The third-order valence-electron chi connectivity index (χ3n) is 5.50. The number of hydrogen-bond donors (Lipinski definition) is 1. The number of alkyl halides is 3. The molecule has 0 bridgehead atoms. The third-order valence-corrected chi connectivity index (χ3v) is 5.50. The second kappa shape index (κ2) is 8.45. The molecule has 0 atom stereocenters. The van der Waals surface area contributed by atoms with E-state index in [4.69, 9.17) is 0 Å². The van der Waals surface area contributed by atoms with Gasteiger partial charge in [-0.05, 0) is 38.2 Å². The van der Waals surface area contributed by atoms with Crippen LogP contribution in [0.25, 0.3) is 5.78 Å². The normalized spacial score (nSPS) is 15.9. The fraction of sp³-hybridized carbons (Fsp3) is 0.684. The van der Waals surface area contributed by atoms with Gasteiger partial charge in [0.15, 0.2) is 0 Å². The lowest BCUT2D eigenvalue weighted by molar-refractivity contribution is -0.144. The average molecular weight is 397 g/mol. The highest BCUT2D eigenvalue weighted by atomic mass is 19.4. The fourth-order valence-electron chi connectivity index (χ4n) is 3.91. The molecule has 28 heavy (non-hydrogen) atoms. The SMILES string of the molecule is Cc1nc2nc(C(F)(F)F)nn2c(C)c1CCC(=O)NCCC1CCCCC1. The first-order valence-electron chi connectivity index (χ1n) is 9.82. The van der Waals surface area contributed by atoms with Crippen LogP contribution in [0.15, 0.2) is 0 Å². The highest BCUT2D eigenvalue weighted by molar-refractivity contribution is 5.76. The Balaban J connectivity index is 1.59. The van der Waals surface area contributed by atoms with Gasteiger partial charge in [-0.15, -0.1) is 5.10 Å². The standard InChI is InChI=1S/C19H26F3N5O/c1-12-15(8-9-16(28)23-11-10-14-6-4-3-5-7-14)13(2)27-18(24-12)25-17(26-27)19(20,21)22/h14H,3-11H2,1-2H3,(H,23,28). The largest absolute Gasteiger partial charge is 0.453 e. The van der Waals surface area contributed by atoms with E-state index in [1.807, 2.05) is 0 Å². The minimum absolute atomic E-state index is 0.0516. The highest BCUT2D eigenvalue weighted by Crippen LogP contribution is 2.27. The maximum absolute atomic E-state index is 12.8. The Labute approximate surface area is 161 Å². The first-order valence-corrected chi connectivity index (χ1v) is 9.82. The van der Waals surface area contributed by atoms with Gasteiger partial charge in [0, 0.05) is 24.4 Å². The molecule has 154 valence electrons. The Morgan fingerprint density at radius 2 is 1.89 bits per heavy atom. The zero-order valence-electron chi connectivity index (χ0n) is 16.3. The van der Waals surface area contributed by atoms with Gasteiger partial charge in [0.2, 0.25) is 5.91 Å². The second-order valence-corrected chi connectivity index (χ2v) is 7.55. The van der Waals surface area contributed by atoms with E-state index in [2.05, 4.69) is 20.4 Å². The molecule has 1 aliphatic rings. The Bertz CT molecular complexity index is 840. The number of aromatic nitrogens is 4. The van der Waals surface area contributed by atoms with Crippen molar-refractivity contribution in [1.82, 2.24) is 24.9 Å². The van der Waals surface area contributed by atoms with Crippen LogP contribution in [0.3, 0.4) is 0 Å². The van der Waals surface area contributed by atoms with E-state index < -0.39 is 12.0 Å². The Kier molecular flexibility index (Phi) is 6.20. The van der Waals surface area contributed by atoms with Crippen molar-refractivity contribution in [3.05, 3.63) is 22.8 Å². The molecule has 9 heteroatoms. The molecule has 2 heterocycles. The van der Waals surface area contributed by atoms with Gasteiger partial charge in [-0.3, -0.25) is 4.79 Å². The van der Waals surface area contributed by atoms with Gasteiger partial charge >= 0.3 is 6.18 Å². The molecular weight excluding hydrogens is 371 g/mol. The number of fused-ring (bicyclic) bond motifs is 1. The van der Waals surface area contributed by atoms with Crippen molar-refractivity contribution in [2.75, 3.05) is 6.54 Å². The predicted octanol–water partition coefficient (Wildman–Crippen LogP) is 3.78. The number of rotatable bonds is 6. The van der Waals surface area contributed by atoms with Crippen LogP contribution < -0.4 is 5.32 Å². The lowest BCUT2D eigenvalue weighted by Gasteiger charge is -2.21. The molecule has 1 aliphatic carbocycles. The minimum atomic E-state index is -4.62. The fourth-order valence-corrected chi connectivity index (χ4v) is 3.91. The Morgan fingerprint density at radius 3 is 2.57 bits per heavy atom. The zero-order valence-corrected chi connectivity index (χ0v) is 16.3. The van der Waals surface area contributed by atoms with E-state index in [1.54, 1.807) is 13.8 Å². The molecule has 0 aromatic carbocycles. The summed E-state index contributed by atoms with van der Waals surface area (Å²) < 4.78 is 39.6. The molecule has 1 saturated carbocycles. The number of nitrogens with one attached hydrogen (secondary N) is 1. The van der Waals surface area contributed by atoms with Gasteiger partial charge in [0.05, 0.1) is 0 Å². The van der Waals surface area contributed by atoms with E-state index in [-0.39, 0.29) is 18.1 Å². The smallest absolute Gasteiger partial charge is 0.356 e. The van der Waals surface area contributed by atoms with Crippen LogP contribution in [-0.4, -0.2) is 32.0 Å². The van der Waals surface area contributed by atoms with Gasteiger partial charge in [-0.1, -0.05) is 32.1 Å². The zero-order chi connectivity index (χ0) is 20.3. The van der Waals surface area contributed by atoms with Crippen molar-refractivity contribution in [1.29, 1.82) is 0 Å². The predicted molar refractivity (Wildman–Crippen MR) is 97.8 cm³/mol. The van der Waals surface area contributed by atoms with Crippen molar-refractivity contribution in [3.8, 4) is 0 Å². The topological polar surface area (TPSA) is 72.2 Å². The van der Waals surface area contributed by atoms with Gasteiger partial charge in [-0.2, -0.15) is 18.2 Å². The molecule has 3 rings (SSSR count). The summed E-state index contributed by atoms with van der Waals surface area (Å²) in [5.41, 5.74) is 1.83. The first-order chi connectivity index (χ1) is 13.3. The van der Waals surface area contributed by atoms with Crippen molar-refractivity contribution >= 4 is 11.7 Å². The number of amides is 1. The summed E-state index contributed by atoms with van der Waals surface area (Å²) in [4.78, 5) is 19.8. The third kappa shape index (κ3) is 4.80. The number of hydrogen-bond acceptors (Lipinski definition) is 4. The monoisotopic (exact) mass is 397 g/mol. The molecule has 2 aromatic heterocycles. The van der Waals surface area contributed by atoms with E-state index in [0.717, 1.165) is 16.5 Å². The summed E-state index contributed by atoms with van der Waals surface area (Å²) in [6, 6.07) is 0. The number of nitrogens with zero attached hydrogens (tertiary/aromatic N) is 4. The maximum Gasteiger partial charge on any atom is 0.453 e. The van der Waals surface area contributed by atoms with Crippen LogP contribution in [0, 0.1) is 19.8 Å². The molecule has 0 aliphatic heterocycles. The summed E-state index contributed by atoms with van der Waals surface area (Å²) in [5.74, 6) is -0.632. The first kappa shape index (κ1) is 20.5. The van der Waals surface area contributed by atoms with Gasteiger partial charge in [0.25, 0.3) is 11.6 Å². The number of carbonyl (C=O) groups is 1. The average Bonchev–Trinajstić information content (AvgIpc) is 3.07. The van der Waals surface area contributed by atoms with Crippen LogP contribution in [0.2, 0.25) is 0 Å². The number of aryl methyl sites for hydroxylation is 2. The van der Waals surface area contributed by atoms with Crippen LogP contribution in [0.4, 0.5) is 13.2 Å². The number of carbonyl (C=O) groups excluding carboxylic acids is 1. The van der Waals surface area contributed by atoms with E-state index in [9.17, 15) is 18.0 Å². The minimum Gasteiger partial charge on any atom is -0.356 e. The van der Waals surface area contributed by atoms with Crippen LogP contribution in [0.5, 0.6) is 0 Å². The summed E-state index contributed by atoms with van der Waals surface area (Å²) in [7, 11) is 0. The molecule has 0 saturated heterocycles. The molecule has 6 nitrogen and oxygen atoms in total. The van der Waals surface area contributed by atoms with E-state index in [0.29, 0.717) is 30.3 Å². The molecule has 0 spiro atoms. The molecule has 1 fully saturated rings. The van der Waals surface area contributed by atoms with Crippen molar-refractivity contribution < 1.29 is 18.0 Å². The van der Waals surface area contributed by atoms with Crippen LogP contribution >= 0.6 is 0 Å². The molecular formula is C19H26F3N5O. The summed E-state index contributed by atoms with van der Waals surface area (Å²) in [6.45, 7) is 4.06. The molecule has 1 amide bonds. The Morgan fingerprint density at radius 1 is 1.18 bits per heavy atom. The van der Waals surface area contributed by atoms with E-state index >= 15 is 0 Å². The molecule has 2 aromatic rings.